The number of aromatic nitrogens is 4. The standard InChI is InChI=1S/C12H14F3N5O/c13-12(14,15)8-19-3-1-9(17-19)5-16-11-2-4-20(18-11)10-6-21-7-10/h1-4,10H,5-8H2,(H,16,18). The molecule has 2 aromatic rings. The Hall–Kier alpha value is -2.03. The van der Waals surface area contributed by atoms with E-state index in [-0.39, 0.29) is 6.04 Å². The van der Waals surface area contributed by atoms with Crippen molar-refractivity contribution in [3.8, 4) is 0 Å². The summed E-state index contributed by atoms with van der Waals surface area (Å²) in [6.07, 6.45) is -1.10. The second kappa shape index (κ2) is 5.40. The molecule has 6 nitrogen and oxygen atoms in total. The van der Waals surface area contributed by atoms with Crippen molar-refractivity contribution in [3.05, 3.63) is 30.2 Å². The summed E-state index contributed by atoms with van der Waals surface area (Å²) in [5.74, 6) is 0.660. The number of nitrogens with zero attached hydrogens (tertiary/aromatic N) is 4. The van der Waals surface area contributed by atoms with Gasteiger partial charge in [-0.05, 0) is 6.07 Å². The molecule has 1 N–H and O–H groups in total. The third kappa shape index (κ3) is 3.54. The third-order valence-corrected chi connectivity index (χ3v) is 3.09. The van der Waals surface area contributed by atoms with Gasteiger partial charge in [0.1, 0.15) is 12.4 Å². The largest absolute Gasteiger partial charge is 0.408 e. The normalized spacial score (nSPS) is 16.0. The molecule has 0 atom stereocenters. The summed E-state index contributed by atoms with van der Waals surface area (Å²) in [6.45, 7) is 0.554. The summed E-state index contributed by atoms with van der Waals surface area (Å²) in [5.41, 5.74) is 0.528. The van der Waals surface area contributed by atoms with Gasteiger partial charge in [0, 0.05) is 18.5 Å². The van der Waals surface area contributed by atoms with Gasteiger partial charge in [0.15, 0.2) is 0 Å². The Bertz CT molecular complexity index is 602. The molecule has 3 rings (SSSR count). The van der Waals surface area contributed by atoms with Crippen molar-refractivity contribution in [2.75, 3.05) is 18.5 Å². The molecular weight excluding hydrogens is 287 g/mol. The van der Waals surface area contributed by atoms with E-state index in [4.69, 9.17) is 4.74 Å². The molecule has 0 aromatic carbocycles. The average molecular weight is 301 g/mol. The molecule has 3 heterocycles. The van der Waals surface area contributed by atoms with Crippen LogP contribution in [0.5, 0.6) is 0 Å². The Morgan fingerprint density at radius 2 is 2.05 bits per heavy atom. The van der Waals surface area contributed by atoms with E-state index < -0.39 is 12.7 Å². The van der Waals surface area contributed by atoms with Crippen LogP contribution in [0.15, 0.2) is 24.5 Å². The number of rotatable bonds is 5. The lowest BCUT2D eigenvalue weighted by Gasteiger charge is -2.25. The van der Waals surface area contributed by atoms with Crippen molar-refractivity contribution < 1.29 is 17.9 Å². The summed E-state index contributed by atoms with van der Waals surface area (Å²) >= 11 is 0. The Labute approximate surface area is 118 Å². The van der Waals surface area contributed by atoms with Gasteiger partial charge in [-0.25, -0.2) is 0 Å². The minimum atomic E-state index is -4.26. The lowest BCUT2D eigenvalue weighted by Crippen LogP contribution is -2.30. The Balaban J connectivity index is 1.54. The molecule has 1 aliphatic rings. The molecule has 0 unspecified atom stereocenters. The van der Waals surface area contributed by atoms with E-state index in [0.29, 0.717) is 31.3 Å². The van der Waals surface area contributed by atoms with Crippen molar-refractivity contribution in [1.29, 1.82) is 0 Å². The summed E-state index contributed by atoms with van der Waals surface area (Å²) in [5, 5.41) is 11.2. The maximum atomic E-state index is 12.2. The molecule has 1 saturated heterocycles. The van der Waals surface area contributed by atoms with Crippen LogP contribution in [-0.4, -0.2) is 39.0 Å². The molecule has 0 amide bonds. The third-order valence-electron chi connectivity index (χ3n) is 3.09. The van der Waals surface area contributed by atoms with E-state index in [1.54, 1.807) is 6.07 Å². The van der Waals surface area contributed by atoms with Gasteiger partial charge in [-0.15, -0.1) is 0 Å². The van der Waals surface area contributed by atoms with Crippen LogP contribution in [0.25, 0.3) is 0 Å². The van der Waals surface area contributed by atoms with E-state index in [1.165, 1.54) is 6.20 Å². The minimum Gasteiger partial charge on any atom is -0.377 e. The highest BCUT2D eigenvalue weighted by molar-refractivity contribution is 5.33. The molecule has 21 heavy (non-hydrogen) atoms. The Morgan fingerprint density at radius 3 is 2.71 bits per heavy atom. The van der Waals surface area contributed by atoms with E-state index in [2.05, 4.69) is 15.5 Å². The first-order valence-corrected chi connectivity index (χ1v) is 6.45. The van der Waals surface area contributed by atoms with Gasteiger partial charge in [0.05, 0.1) is 31.5 Å². The zero-order valence-corrected chi connectivity index (χ0v) is 11.0. The van der Waals surface area contributed by atoms with E-state index >= 15 is 0 Å². The lowest BCUT2D eigenvalue weighted by molar-refractivity contribution is -0.142. The van der Waals surface area contributed by atoms with Crippen LogP contribution >= 0.6 is 0 Å². The summed E-state index contributed by atoms with van der Waals surface area (Å²) in [4.78, 5) is 0. The van der Waals surface area contributed by atoms with Crippen molar-refractivity contribution in [1.82, 2.24) is 19.6 Å². The first kappa shape index (κ1) is 13.9. The average Bonchev–Trinajstić information content (AvgIpc) is 2.92. The zero-order valence-electron chi connectivity index (χ0n) is 11.0. The fraction of sp³-hybridized carbons (Fsp3) is 0.500. The predicted molar refractivity (Wildman–Crippen MR) is 67.7 cm³/mol. The maximum absolute atomic E-state index is 12.2. The van der Waals surface area contributed by atoms with Crippen molar-refractivity contribution in [3.63, 3.8) is 0 Å². The second-order valence-electron chi connectivity index (χ2n) is 4.85. The monoisotopic (exact) mass is 301 g/mol. The molecule has 2 aromatic heterocycles. The first-order valence-electron chi connectivity index (χ1n) is 6.45. The molecule has 0 saturated carbocycles. The number of halogens is 3. The molecular formula is C12H14F3N5O. The molecule has 0 radical (unpaired) electrons. The molecule has 9 heteroatoms. The number of ether oxygens (including phenoxy) is 1. The van der Waals surface area contributed by atoms with Gasteiger partial charge in [0.25, 0.3) is 0 Å². The lowest BCUT2D eigenvalue weighted by atomic mass is 10.3. The SMILES string of the molecule is FC(F)(F)Cn1ccc(CNc2ccn(C3COC3)n2)n1. The van der Waals surface area contributed by atoms with Gasteiger partial charge in [0.2, 0.25) is 0 Å². The Kier molecular flexibility index (Phi) is 3.58. The minimum absolute atomic E-state index is 0.270. The Morgan fingerprint density at radius 1 is 1.24 bits per heavy atom. The summed E-state index contributed by atoms with van der Waals surface area (Å²) in [7, 11) is 0. The highest BCUT2D eigenvalue weighted by Gasteiger charge is 2.28. The zero-order chi connectivity index (χ0) is 14.9. The van der Waals surface area contributed by atoms with E-state index in [0.717, 1.165) is 4.68 Å². The van der Waals surface area contributed by atoms with Crippen LogP contribution in [0, 0.1) is 0 Å². The van der Waals surface area contributed by atoms with Crippen molar-refractivity contribution >= 4 is 5.82 Å². The van der Waals surface area contributed by atoms with E-state index in [1.807, 2.05) is 16.9 Å². The fourth-order valence-corrected chi connectivity index (χ4v) is 1.96. The topological polar surface area (TPSA) is 56.9 Å². The summed E-state index contributed by atoms with van der Waals surface area (Å²) in [6, 6.07) is 3.63. The van der Waals surface area contributed by atoms with Crippen molar-refractivity contribution in [2.24, 2.45) is 0 Å². The molecule has 1 aliphatic heterocycles. The molecule has 0 bridgehead atoms. The second-order valence-corrected chi connectivity index (χ2v) is 4.85. The molecule has 1 fully saturated rings. The van der Waals surface area contributed by atoms with Crippen LogP contribution in [-0.2, 0) is 17.8 Å². The van der Waals surface area contributed by atoms with Gasteiger partial charge in [-0.1, -0.05) is 0 Å². The molecule has 114 valence electrons. The van der Waals surface area contributed by atoms with Crippen LogP contribution in [0.1, 0.15) is 11.7 Å². The number of hydrogen-bond donors (Lipinski definition) is 1. The van der Waals surface area contributed by atoms with E-state index in [9.17, 15) is 13.2 Å². The van der Waals surface area contributed by atoms with Crippen LogP contribution in [0.3, 0.4) is 0 Å². The number of nitrogens with one attached hydrogen (secondary N) is 1. The summed E-state index contributed by atoms with van der Waals surface area (Å²) < 4.78 is 44.4. The van der Waals surface area contributed by atoms with Crippen LogP contribution in [0.4, 0.5) is 19.0 Å². The number of anilines is 1. The van der Waals surface area contributed by atoms with Crippen molar-refractivity contribution in [2.45, 2.75) is 25.3 Å². The fourth-order valence-electron chi connectivity index (χ4n) is 1.96. The highest BCUT2D eigenvalue weighted by atomic mass is 19.4. The van der Waals surface area contributed by atoms with Gasteiger partial charge >= 0.3 is 6.18 Å². The van der Waals surface area contributed by atoms with Gasteiger partial charge in [-0.2, -0.15) is 23.4 Å². The maximum Gasteiger partial charge on any atom is 0.408 e. The smallest absolute Gasteiger partial charge is 0.377 e. The highest BCUT2D eigenvalue weighted by Crippen LogP contribution is 2.18. The van der Waals surface area contributed by atoms with Crippen LogP contribution < -0.4 is 5.32 Å². The number of alkyl halides is 3. The first-order chi connectivity index (χ1) is 9.99. The molecule has 0 aliphatic carbocycles. The predicted octanol–water partition coefficient (Wildman–Crippen LogP) is 1.83. The van der Waals surface area contributed by atoms with Gasteiger partial charge < -0.3 is 10.1 Å². The quantitative estimate of drug-likeness (QED) is 0.915. The number of hydrogen-bond acceptors (Lipinski definition) is 4. The molecule has 0 spiro atoms. The van der Waals surface area contributed by atoms with Crippen LogP contribution in [0.2, 0.25) is 0 Å². The van der Waals surface area contributed by atoms with Gasteiger partial charge in [-0.3, -0.25) is 9.36 Å².